The molecule has 2 N–H and O–H groups in total. The molecule has 2 aliphatic heterocycles. The molecule has 2 heterocycles. The van der Waals surface area contributed by atoms with Gasteiger partial charge in [-0.1, -0.05) is 12.1 Å². The van der Waals surface area contributed by atoms with Crippen molar-refractivity contribution in [1.82, 2.24) is 4.72 Å². The Hall–Kier alpha value is -3.07. The summed E-state index contributed by atoms with van der Waals surface area (Å²) in [7, 11) is -3.57. The van der Waals surface area contributed by atoms with Crippen LogP contribution in [0.4, 0.5) is 5.69 Å². The largest absolute Gasteiger partial charge is 0.486 e. The zero-order valence-electron chi connectivity index (χ0n) is 14.3. The highest BCUT2D eigenvalue weighted by molar-refractivity contribution is 7.90. The normalized spacial score (nSPS) is 17.9. The van der Waals surface area contributed by atoms with Crippen molar-refractivity contribution in [1.29, 1.82) is 0 Å². The zero-order valence-corrected chi connectivity index (χ0v) is 15.1. The molecule has 0 atom stereocenters. The zero-order chi connectivity index (χ0) is 18.9. The lowest BCUT2D eigenvalue weighted by Gasteiger charge is -2.18. The molecule has 2 aromatic rings. The maximum Gasteiger partial charge on any atom is 0.263 e. The van der Waals surface area contributed by atoms with Crippen LogP contribution >= 0.6 is 0 Å². The van der Waals surface area contributed by atoms with E-state index in [1.165, 1.54) is 6.07 Å². The molecule has 8 nitrogen and oxygen atoms in total. The molecule has 1 amide bonds. The Kier molecular flexibility index (Phi) is 4.44. The summed E-state index contributed by atoms with van der Waals surface area (Å²) in [5.41, 5.74) is 1.12. The number of ether oxygens (including phenoxy) is 2. The van der Waals surface area contributed by atoms with Gasteiger partial charge in [-0.25, -0.2) is 8.42 Å². The number of fused-ring (bicyclic) bond motifs is 2. The average Bonchev–Trinajstić information content (AvgIpc) is 2.92. The summed E-state index contributed by atoms with van der Waals surface area (Å²) in [6.45, 7) is 1.13. The summed E-state index contributed by atoms with van der Waals surface area (Å²) in [4.78, 5) is 16.6. The van der Waals surface area contributed by atoms with E-state index in [1.54, 1.807) is 36.4 Å². The predicted octanol–water partition coefficient (Wildman–Crippen LogP) is 1.53. The molecule has 0 bridgehead atoms. The molecule has 0 aliphatic carbocycles. The van der Waals surface area contributed by atoms with E-state index in [4.69, 9.17) is 9.47 Å². The van der Waals surface area contributed by atoms with Crippen molar-refractivity contribution in [3.05, 3.63) is 48.0 Å². The first kappa shape index (κ1) is 17.3. The number of carbonyl (C=O) groups excluding carboxylic acids is 1. The van der Waals surface area contributed by atoms with E-state index >= 15 is 0 Å². The number of carbonyl (C=O) groups is 1. The van der Waals surface area contributed by atoms with Crippen LogP contribution in [0, 0.1) is 0 Å². The molecule has 9 heteroatoms. The summed E-state index contributed by atoms with van der Waals surface area (Å²) in [5, 5.41) is 2.77. The molecule has 2 aromatic carbocycles. The van der Waals surface area contributed by atoms with Gasteiger partial charge in [0.05, 0.1) is 11.4 Å². The van der Waals surface area contributed by atoms with Gasteiger partial charge >= 0.3 is 0 Å². The molecule has 27 heavy (non-hydrogen) atoms. The van der Waals surface area contributed by atoms with Gasteiger partial charge in [-0.05, 0) is 24.3 Å². The van der Waals surface area contributed by atoms with Crippen LogP contribution in [0.15, 0.2) is 52.4 Å². The Morgan fingerprint density at radius 2 is 1.89 bits per heavy atom. The summed E-state index contributed by atoms with van der Waals surface area (Å²) in [5.74, 6) is 1.27. The van der Waals surface area contributed by atoms with E-state index in [0.29, 0.717) is 36.0 Å². The lowest BCUT2D eigenvalue weighted by atomic mass is 10.2. The van der Waals surface area contributed by atoms with Gasteiger partial charge < -0.3 is 14.8 Å². The minimum absolute atomic E-state index is 0.113. The Bertz CT molecular complexity index is 1030. The van der Waals surface area contributed by atoms with Crippen LogP contribution in [0.25, 0.3) is 0 Å². The second-order valence-electron chi connectivity index (χ2n) is 5.99. The smallest absolute Gasteiger partial charge is 0.263 e. The Balaban J connectivity index is 1.38. The molecule has 0 saturated heterocycles. The van der Waals surface area contributed by atoms with Crippen molar-refractivity contribution >= 4 is 27.5 Å². The topological polar surface area (TPSA) is 106 Å². The molecule has 140 valence electrons. The van der Waals surface area contributed by atoms with E-state index in [9.17, 15) is 13.2 Å². The summed E-state index contributed by atoms with van der Waals surface area (Å²) < 4.78 is 37.4. The maximum absolute atomic E-state index is 12.1. The number of sulfonamides is 1. The van der Waals surface area contributed by atoms with Gasteiger partial charge in [-0.2, -0.15) is 0 Å². The molecular weight excluding hydrogens is 370 g/mol. The van der Waals surface area contributed by atoms with E-state index in [2.05, 4.69) is 15.0 Å². The second-order valence-corrected chi connectivity index (χ2v) is 7.64. The van der Waals surface area contributed by atoms with Crippen molar-refractivity contribution in [3.8, 4) is 11.5 Å². The van der Waals surface area contributed by atoms with Gasteiger partial charge in [0.1, 0.15) is 19.0 Å². The Labute approximate surface area is 156 Å². The van der Waals surface area contributed by atoms with Gasteiger partial charge in [0.15, 0.2) is 11.5 Å². The number of hydrogen-bond acceptors (Lipinski definition) is 6. The van der Waals surface area contributed by atoms with Crippen LogP contribution in [0.1, 0.15) is 12.0 Å². The molecule has 0 spiro atoms. The summed E-state index contributed by atoms with van der Waals surface area (Å²) in [6, 6.07) is 11.8. The van der Waals surface area contributed by atoms with Crippen LogP contribution in [-0.2, 0) is 14.8 Å². The molecule has 0 saturated carbocycles. The highest BCUT2D eigenvalue weighted by Gasteiger charge is 2.29. The SMILES string of the molecule is O=C(CCN=C1NS(=O)(=O)c2ccccc21)Nc1ccc2c(c1)OCCO2. The van der Waals surface area contributed by atoms with Crippen molar-refractivity contribution in [2.45, 2.75) is 11.3 Å². The quantitative estimate of drug-likeness (QED) is 0.827. The second kappa shape index (κ2) is 6.92. The van der Waals surface area contributed by atoms with Gasteiger partial charge in [0.2, 0.25) is 5.91 Å². The predicted molar refractivity (Wildman–Crippen MR) is 98.8 cm³/mol. The number of anilines is 1. The fraction of sp³-hybridized carbons (Fsp3) is 0.222. The minimum Gasteiger partial charge on any atom is -0.486 e. The molecule has 0 unspecified atom stereocenters. The number of aliphatic imine (C=N–C) groups is 1. The standard InChI is InChI=1S/C18H17N3O5S/c22-17(20-12-5-6-14-15(11-12)26-10-9-25-14)7-8-19-18-13-3-1-2-4-16(13)27(23,24)21-18/h1-6,11H,7-10H2,(H,19,21)(H,20,22). The number of amidine groups is 1. The first-order valence-corrected chi connectivity index (χ1v) is 9.87. The highest BCUT2D eigenvalue weighted by Crippen LogP contribution is 2.32. The minimum atomic E-state index is -3.57. The highest BCUT2D eigenvalue weighted by atomic mass is 32.2. The Morgan fingerprint density at radius 3 is 2.74 bits per heavy atom. The first-order chi connectivity index (χ1) is 13.0. The average molecular weight is 387 g/mol. The van der Waals surface area contributed by atoms with Crippen LogP contribution in [0.2, 0.25) is 0 Å². The first-order valence-electron chi connectivity index (χ1n) is 8.39. The van der Waals surface area contributed by atoms with Crippen molar-refractivity contribution < 1.29 is 22.7 Å². The van der Waals surface area contributed by atoms with Crippen molar-refractivity contribution in [3.63, 3.8) is 0 Å². The molecule has 2 aliphatic rings. The summed E-state index contributed by atoms with van der Waals surface area (Å²) in [6.07, 6.45) is 0.113. The molecule has 0 radical (unpaired) electrons. The lowest BCUT2D eigenvalue weighted by Crippen LogP contribution is -2.23. The van der Waals surface area contributed by atoms with Gasteiger partial charge in [0.25, 0.3) is 10.0 Å². The third kappa shape index (κ3) is 3.59. The third-order valence-corrected chi connectivity index (χ3v) is 5.49. The van der Waals surface area contributed by atoms with Crippen molar-refractivity contribution in [2.75, 3.05) is 25.1 Å². The van der Waals surface area contributed by atoms with Gasteiger partial charge in [0, 0.05) is 23.7 Å². The van der Waals surface area contributed by atoms with Crippen LogP contribution in [0.3, 0.4) is 0 Å². The number of nitrogens with zero attached hydrogens (tertiary/aromatic N) is 1. The van der Waals surface area contributed by atoms with E-state index in [0.717, 1.165) is 0 Å². The number of hydrogen-bond donors (Lipinski definition) is 2. The van der Waals surface area contributed by atoms with Crippen molar-refractivity contribution in [2.24, 2.45) is 4.99 Å². The molecular formula is C18H17N3O5S. The monoisotopic (exact) mass is 387 g/mol. The number of rotatable bonds is 4. The van der Waals surface area contributed by atoms with Gasteiger partial charge in [-0.15, -0.1) is 0 Å². The maximum atomic E-state index is 12.1. The van der Waals surface area contributed by atoms with E-state index in [1.807, 2.05) is 0 Å². The summed E-state index contributed by atoms with van der Waals surface area (Å²) >= 11 is 0. The van der Waals surface area contributed by atoms with E-state index in [-0.39, 0.29) is 29.6 Å². The van der Waals surface area contributed by atoms with Crippen LogP contribution < -0.4 is 19.5 Å². The fourth-order valence-electron chi connectivity index (χ4n) is 2.87. The number of benzene rings is 2. The lowest BCUT2D eigenvalue weighted by molar-refractivity contribution is -0.116. The molecule has 0 aromatic heterocycles. The van der Waals surface area contributed by atoms with E-state index < -0.39 is 10.0 Å². The third-order valence-electron chi connectivity index (χ3n) is 4.10. The van der Waals surface area contributed by atoms with Gasteiger partial charge in [-0.3, -0.25) is 14.5 Å². The van der Waals surface area contributed by atoms with Crippen LogP contribution in [-0.4, -0.2) is 39.9 Å². The Morgan fingerprint density at radius 1 is 1.11 bits per heavy atom. The fourth-order valence-corrected chi connectivity index (χ4v) is 4.12. The number of amides is 1. The molecule has 0 fully saturated rings. The van der Waals surface area contributed by atoms with Crippen LogP contribution in [0.5, 0.6) is 11.5 Å². The molecule has 4 rings (SSSR count). The number of nitrogens with one attached hydrogen (secondary N) is 2.